The zero-order chi connectivity index (χ0) is 11.2. The number of nitrogens with zero attached hydrogens (tertiary/aromatic N) is 3. The Morgan fingerprint density at radius 1 is 1.18 bits per heavy atom. The maximum absolute atomic E-state index is 4.77. The third kappa shape index (κ3) is 1.48. The number of nitrogens with one attached hydrogen (secondary N) is 2. The summed E-state index contributed by atoms with van der Waals surface area (Å²) in [6.07, 6.45) is 5.09. The van der Waals surface area contributed by atoms with Crippen LogP contribution in [0.3, 0.4) is 0 Å². The molecule has 0 spiro atoms. The second kappa shape index (κ2) is 3.70. The lowest BCUT2D eigenvalue weighted by Crippen LogP contribution is -2.44. The predicted octanol–water partition coefficient (Wildman–Crippen LogP) is 1.12. The van der Waals surface area contributed by atoms with Crippen LogP contribution >= 0.6 is 0 Å². The highest BCUT2D eigenvalue weighted by Crippen LogP contribution is 2.37. The molecule has 0 radical (unpaired) electrons. The van der Waals surface area contributed by atoms with Crippen LogP contribution in [0.1, 0.15) is 43.5 Å². The quantitative estimate of drug-likeness (QED) is 0.763. The van der Waals surface area contributed by atoms with Gasteiger partial charge in [0.2, 0.25) is 5.95 Å². The van der Waals surface area contributed by atoms with Gasteiger partial charge in [0.05, 0.1) is 6.04 Å². The van der Waals surface area contributed by atoms with Crippen molar-refractivity contribution in [2.45, 2.75) is 37.6 Å². The molecule has 17 heavy (non-hydrogen) atoms. The van der Waals surface area contributed by atoms with E-state index in [2.05, 4.69) is 20.3 Å². The van der Waals surface area contributed by atoms with Crippen molar-refractivity contribution in [3.8, 4) is 0 Å². The SMILES string of the molecule is C1CC(c2nc3n(n2)C2CCNCC2CN3)C1. The average molecular weight is 233 g/mol. The van der Waals surface area contributed by atoms with E-state index in [1.54, 1.807) is 0 Å². The lowest BCUT2D eigenvalue weighted by molar-refractivity contribution is 0.235. The van der Waals surface area contributed by atoms with Gasteiger partial charge in [-0.25, -0.2) is 4.68 Å². The van der Waals surface area contributed by atoms with Crippen LogP contribution in [0.5, 0.6) is 0 Å². The smallest absolute Gasteiger partial charge is 0.221 e. The zero-order valence-corrected chi connectivity index (χ0v) is 10.0. The van der Waals surface area contributed by atoms with Crippen LogP contribution in [0.2, 0.25) is 0 Å². The van der Waals surface area contributed by atoms with Gasteiger partial charge in [0.25, 0.3) is 0 Å². The van der Waals surface area contributed by atoms with E-state index in [0.717, 1.165) is 31.4 Å². The van der Waals surface area contributed by atoms with Crippen molar-refractivity contribution < 1.29 is 0 Å². The molecule has 1 aromatic rings. The van der Waals surface area contributed by atoms with E-state index in [9.17, 15) is 0 Å². The lowest BCUT2D eigenvalue weighted by Gasteiger charge is -2.36. The second-order valence-electron chi connectivity index (χ2n) is 5.57. The second-order valence-corrected chi connectivity index (χ2v) is 5.57. The van der Waals surface area contributed by atoms with Gasteiger partial charge in [-0.15, -0.1) is 0 Å². The van der Waals surface area contributed by atoms with Crippen molar-refractivity contribution in [2.75, 3.05) is 25.0 Å². The van der Waals surface area contributed by atoms with E-state index < -0.39 is 0 Å². The van der Waals surface area contributed by atoms with Crippen LogP contribution in [0.4, 0.5) is 5.95 Å². The first kappa shape index (κ1) is 9.88. The minimum absolute atomic E-state index is 0.564. The maximum atomic E-state index is 4.77. The van der Waals surface area contributed by atoms with Crippen LogP contribution in [0.15, 0.2) is 0 Å². The van der Waals surface area contributed by atoms with E-state index in [4.69, 9.17) is 5.10 Å². The van der Waals surface area contributed by atoms with Gasteiger partial charge in [0.1, 0.15) is 0 Å². The minimum Gasteiger partial charge on any atom is -0.354 e. The van der Waals surface area contributed by atoms with E-state index in [-0.39, 0.29) is 0 Å². The van der Waals surface area contributed by atoms with Gasteiger partial charge in [-0.2, -0.15) is 10.1 Å². The molecule has 2 fully saturated rings. The van der Waals surface area contributed by atoms with Crippen LogP contribution in [-0.2, 0) is 0 Å². The van der Waals surface area contributed by atoms with Crippen molar-refractivity contribution in [3.05, 3.63) is 5.82 Å². The molecule has 3 aliphatic rings. The Morgan fingerprint density at radius 3 is 2.94 bits per heavy atom. The minimum atomic E-state index is 0.564. The van der Waals surface area contributed by atoms with Gasteiger partial charge in [0, 0.05) is 24.9 Å². The Hall–Kier alpha value is -1.10. The molecule has 2 unspecified atom stereocenters. The van der Waals surface area contributed by atoms with Crippen LogP contribution in [0.25, 0.3) is 0 Å². The molecule has 5 nitrogen and oxygen atoms in total. The number of anilines is 1. The summed E-state index contributed by atoms with van der Waals surface area (Å²) in [5, 5.41) is 11.7. The van der Waals surface area contributed by atoms with Crippen molar-refractivity contribution in [2.24, 2.45) is 5.92 Å². The van der Waals surface area contributed by atoms with Gasteiger partial charge >= 0.3 is 0 Å². The predicted molar refractivity (Wildman–Crippen MR) is 65.1 cm³/mol. The summed E-state index contributed by atoms with van der Waals surface area (Å²) < 4.78 is 2.17. The molecule has 2 atom stereocenters. The third-order valence-corrected chi connectivity index (χ3v) is 4.52. The number of rotatable bonds is 1. The molecule has 2 aliphatic heterocycles. The molecule has 92 valence electrons. The van der Waals surface area contributed by atoms with Crippen molar-refractivity contribution in [1.29, 1.82) is 0 Å². The first-order chi connectivity index (χ1) is 8.42. The van der Waals surface area contributed by atoms with Crippen molar-refractivity contribution in [1.82, 2.24) is 20.1 Å². The number of hydrogen-bond acceptors (Lipinski definition) is 4. The summed E-state index contributed by atoms with van der Waals surface area (Å²) in [5.41, 5.74) is 0. The molecule has 0 amide bonds. The summed E-state index contributed by atoms with van der Waals surface area (Å²) in [6.45, 7) is 3.26. The zero-order valence-electron chi connectivity index (χ0n) is 10.0. The fourth-order valence-corrected chi connectivity index (χ4v) is 3.19. The molecule has 5 heteroatoms. The molecule has 0 aromatic carbocycles. The Morgan fingerprint density at radius 2 is 2.12 bits per heavy atom. The van der Waals surface area contributed by atoms with Gasteiger partial charge in [-0.3, -0.25) is 0 Å². The number of aromatic nitrogens is 3. The number of fused-ring (bicyclic) bond motifs is 3. The van der Waals surface area contributed by atoms with Crippen LogP contribution < -0.4 is 10.6 Å². The summed E-state index contributed by atoms with van der Waals surface area (Å²) >= 11 is 0. The van der Waals surface area contributed by atoms with Gasteiger partial charge in [-0.05, 0) is 25.8 Å². The summed E-state index contributed by atoms with van der Waals surface area (Å²) in [4.78, 5) is 4.68. The Kier molecular flexibility index (Phi) is 2.15. The maximum Gasteiger partial charge on any atom is 0.221 e. The summed E-state index contributed by atoms with van der Waals surface area (Å²) in [5.74, 6) is 3.40. The third-order valence-electron chi connectivity index (χ3n) is 4.52. The van der Waals surface area contributed by atoms with Gasteiger partial charge in [-0.1, -0.05) is 6.42 Å². The highest BCUT2D eigenvalue weighted by Gasteiger charge is 2.35. The normalized spacial score (nSPS) is 32.2. The van der Waals surface area contributed by atoms with E-state index >= 15 is 0 Å². The van der Waals surface area contributed by atoms with E-state index in [0.29, 0.717) is 17.9 Å². The molecule has 1 aromatic heterocycles. The van der Waals surface area contributed by atoms with Crippen molar-refractivity contribution >= 4 is 5.95 Å². The summed E-state index contributed by atoms with van der Waals surface area (Å²) in [7, 11) is 0. The van der Waals surface area contributed by atoms with E-state index in [1.165, 1.54) is 25.7 Å². The molecular formula is C12H19N5. The fraction of sp³-hybridized carbons (Fsp3) is 0.833. The molecule has 1 aliphatic carbocycles. The molecule has 0 bridgehead atoms. The first-order valence-electron chi connectivity index (χ1n) is 6.83. The van der Waals surface area contributed by atoms with Gasteiger partial charge < -0.3 is 10.6 Å². The first-order valence-corrected chi connectivity index (χ1v) is 6.83. The monoisotopic (exact) mass is 233 g/mol. The Balaban J connectivity index is 1.67. The van der Waals surface area contributed by atoms with Crippen LogP contribution in [0, 0.1) is 5.92 Å². The number of piperidine rings is 1. The number of hydrogen-bond donors (Lipinski definition) is 2. The van der Waals surface area contributed by atoms with E-state index in [1.807, 2.05) is 0 Å². The molecule has 3 heterocycles. The molecule has 4 rings (SSSR count). The van der Waals surface area contributed by atoms with Gasteiger partial charge in [0.15, 0.2) is 5.82 Å². The highest BCUT2D eigenvalue weighted by molar-refractivity contribution is 5.30. The Labute approximate surface area is 101 Å². The average Bonchev–Trinajstić information content (AvgIpc) is 2.70. The summed E-state index contributed by atoms with van der Waals surface area (Å²) in [6, 6.07) is 0.564. The standard InChI is InChI=1S/C12H19N5/c1-2-8(3-1)11-15-12-14-7-9-6-13-5-4-10(9)17(12)16-11/h8-10,13H,1-7H2,(H,14,15,16). The largest absolute Gasteiger partial charge is 0.354 e. The van der Waals surface area contributed by atoms with Crippen molar-refractivity contribution in [3.63, 3.8) is 0 Å². The molecular weight excluding hydrogens is 214 g/mol. The topological polar surface area (TPSA) is 54.8 Å². The lowest BCUT2D eigenvalue weighted by atomic mass is 9.85. The Bertz CT molecular complexity index is 423. The van der Waals surface area contributed by atoms with Crippen LogP contribution in [-0.4, -0.2) is 34.4 Å². The molecule has 1 saturated carbocycles. The highest BCUT2D eigenvalue weighted by atomic mass is 15.4. The fourth-order valence-electron chi connectivity index (χ4n) is 3.19. The molecule has 2 N–H and O–H groups in total. The molecule has 1 saturated heterocycles.